The third-order valence-corrected chi connectivity index (χ3v) is 2.49. The van der Waals surface area contributed by atoms with Crippen LogP contribution in [-0.2, 0) is 6.42 Å². The van der Waals surface area contributed by atoms with Crippen LogP contribution in [0.2, 0.25) is 0 Å². The lowest BCUT2D eigenvalue weighted by atomic mass is 10.2. The van der Waals surface area contributed by atoms with E-state index in [1.54, 1.807) is 12.4 Å². The summed E-state index contributed by atoms with van der Waals surface area (Å²) in [6, 6.07) is 7.74. The van der Waals surface area contributed by atoms with Gasteiger partial charge < -0.3 is 4.74 Å². The predicted octanol–water partition coefficient (Wildman–Crippen LogP) is 2.16. The molecule has 88 valence electrons. The summed E-state index contributed by atoms with van der Waals surface area (Å²) in [6.45, 7) is 2.11. The topological polar surface area (TPSA) is 44.1 Å². The molecule has 0 atom stereocenters. The Bertz CT molecular complexity index is 475. The molecule has 2 aromatic rings. The SMILES string of the molecule is CCc1ccc(OCC(=O)n2ccnc2)cc1. The van der Waals surface area contributed by atoms with Crippen molar-refractivity contribution in [1.82, 2.24) is 9.55 Å². The minimum absolute atomic E-state index is 0.0157. The lowest BCUT2D eigenvalue weighted by molar-refractivity contribution is 0.0837. The first-order chi connectivity index (χ1) is 8.29. The van der Waals surface area contributed by atoms with Crippen LogP contribution in [0.1, 0.15) is 17.3 Å². The molecule has 0 bridgehead atoms. The number of benzene rings is 1. The van der Waals surface area contributed by atoms with Gasteiger partial charge in [-0.15, -0.1) is 0 Å². The molecule has 0 fully saturated rings. The number of carbonyl (C=O) groups excluding carboxylic acids is 1. The van der Waals surface area contributed by atoms with E-state index in [1.165, 1.54) is 16.5 Å². The number of aromatic nitrogens is 2. The summed E-state index contributed by atoms with van der Waals surface area (Å²) in [5.74, 6) is 0.567. The van der Waals surface area contributed by atoms with Crippen LogP contribution in [0.3, 0.4) is 0 Å². The van der Waals surface area contributed by atoms with Gasteiger partial charge in [0.05, 0.1) is 0 Å². The summed E-state index contributed by atoms with van der Waals surface area (Å²) >= 11 is 0. The second-order valence-corrected chi connectivity index (χ2v) is 3.65. The van der Waals surface area contributed by atoms with E-state index in [2.05, 4.69) is 11.9 Å². The molecule has 1 heterocycles. The van der Waals surface area contributed by atoms with Gasteiger partial charge in [0, 0.05) is 12.4 Å². The summed E-state index contributed by atoms with van der Waals surface area (Å²) in [4.78, 5) is 15.4. The van der Waals surface area contributed by atoms with Gasteiger partial charge in [0.15, 0.2) is 6.61 Å². The molecule has 0 radical (unpaired) electrons. The number of aryl methyl sites for hydroxylation is 1. The van der Waals surface area contributed by atoms with Crippen LogP contribution < -0.4 is 4.74 Å². The molecule has 0 saturated heterocycles. The highest BCUT2D eigenvalue weighted by Crippen LogP contribution is 2.12. The minimum atomic E-state index is -0.137. The van der Waals surface area contributed by atoms with Gasteiger partial charge in [-0.2, -0.15) is 0 Å². The predicted molar refractivity (Wildman–Crippen MR) is 64.2 cm³/mol. The van der Waals surface area contributed by atoms with Gasteiger partial charge in [-0.05, 0) is 24.1 Å². The van der Waals surface area contributed by atoms with Crippen molar-refractivity contribution in [3.05, 3.63) is 48.5 Å². The molecule has 0 saturated carbocycles. The van der Waals surface area contributed by atoms with E-state index in [0.29, 0.717) is 5.75 Å². The molecule has 0 aliphatic heterocycles. The van der Waals surface area contributed by atoms with E-state index < -0.39 is 0 Å². The number of hydrogen-bond acceptors (Lipinski definition) is 3. The Morgan fingerprint density at radius 3 is 2.71 bits per heavy atom. The van der Waals surface area contributed by atoms with Crippen molar-refractivity contribution in [2.45, 2.75) is 13.3 Å². The molecular weight excluding hydrogens is 216 g/mol. The first kappa shape index (κ1) is 11.4. The Balaban J connectivity index is 1.91. The number of ether oxygens (including phenoxy) is 1. The summed E-state index contributed by atoms with van der Waals surface area (Å²) < 4.78 is 6.80. The molecule has 4 nitrogen and oxygen atoms in total. The molecule has 0 aliphatic rings. The fourth-order valence-corrected chi connectivity index (χ4v) is 1.45. The highest BCUT2D eigenvalue weighted by atomic mass is 16.5. The van der Waals surface area contributed by atoms with Crippen molar-refractivity contribution >= 4 is 5.91 Å². The highest BCUT2D eigenvalue weighted by molar-refractivity contribution is 5.80. The Hall–Kier alpha value is -2.10. The monoisotopic (exact) mass is 230 g/mol. The maximum Gasteiger partial charge on any atom is 0.269 e. The average Bonchev–Trinajstić information content (AvgIpc) is 2.90. The zero-order chi connectivity index (χ0) is 12.1. The van der Waals surface area contributed by atoms with Crippen molar-refractivity contribution in [2.24, 2.45) is 0 Å². The summed E-state index contributed by atoms with van der Waals surface area (Å²) in [5, 5.41) is 0. The zero-order valence-electron chi connectivity index (χ0n) is 9.67. The molecule has 0 aliphatic carbocycles. The van der Waals surface area contributed by atoms with E-state index in [0.717, 1.165) is 6.42 Å². The second-order valence-electron chi connectivity index (χ2n) is 3.65. The van der Waals surface area contributed by atoms with Gasteiger partial charge in [0.25, 0.3) is 5.91 Å². The number of rotatable bonds is 4. The molecule has 0 N–H and O–H groups in total. The smallest absolute Gasteiger partial charge is 0.269 e. The Morgan fingerprint density at radius 2 is 2.12 bits per heavy atom. The summed E-state index contributed by atoms with van der Waals surface area (Å²) in [6.07, 6.45) is 5.62. The first-order valence-electron chi connectivity index (χ1n) is 5.52. The van der Waals surface area contributed by atoms with E-state index in [1.807, 2.05) is 24.3 Å². The lowest BCUT2D eigenvalue weighted by Gasteiger charge is -2.06. The third kappa shape index (κ3) is 2.93. The normalized spacial score (nSPS) is 10.2. The van der Waals surface area contributed by atoms with Gasteiger partial charge >= 0.3 is 0 Å². The molecule has 1 aromatic carbocycles. The van der Waals surface area contributed by atoms with Gasteiger partial charge in [-0.3, -0.25) is 9.36 Å². The fraction of sp³-hybridized carbons (Fsp3) is 0.231. The molecule has 0 spiro atoms. The summed E-state index contributed by atoms with van der Waals surface area (Å²) in [5.41, 5.74) is 1.25. The molecule has 17 heavy (non-hydrogen) atoms. The van der Waals surface area contributed by atoms with Gasteiger partial charge in [0.2, 0.25) is 0 Å². The number of imidazole rings is 1. The quantitative estimate of drug-likeness (QED) is 0.808. The maximum atomic E-state index is 11.6. The fourth-order valence-electron chi connectivity index (χ4n) is 1.45. The molecule has 1 aromatic heterocycles. The lowest BCUT2D eigenvalue weighted by Crippen LogP contribution is -2.17. The number of carbonyl (C=O) groups is 1. The van der Waals surface area contributed by atoms with Crippen LogP contribution in [0.5, 0.6) is 5.75 Å². The zero-order valence-corrected chi connectivity index (χ0v) is 9.67. The van der Waals surface area contributed by atoms with Crippen molar-refractivity contribution in [2.75, 3.05) is 6.61 Å². The largest absolute Gasteiger partial charge is 0.484 e. The molecule has 0 unspecified atom stereocenters. The number of nitrogens with zero attached hydrogens (tertiary/aromatic N) is 2. The standard InChI is InChI=1S/C13H14N2O2/c1-2-11-3-5-12(6-4-11)17-9-13(16)15-8-7-14-10-15/h3-8,10H,2,9H2,1H3. The van der Waals surface area contributed by atoms with E-state index in [-0.39, 0.29) is 12.5 Å². The van der Waals surface area contributed by atoms with Gasteiger partial charge in [-0.25, -0.2) is 4.98 Å². The molecule has 2 rings (SSSR count). The van der Waals surface area contributed by atoms with Crippen LogP contribution in [0, 0.1) is 0 Å². The molecular formula is C13H14N2O2. The number of hydrogen-bond donors (Lipinski definition) is 0. The first-order valence-corrected chi connectivity index (χ1v) is 5.52. The highest BCUT2D eigenvalue weighted by Gasteiger charge is 2.04. The third-order valence-electron chi connectivity index (χ3n) is 2.49. The van der Waals surface area contributed by atoms with Crippen molar-refractivity contribution in [3.8, 4) is 5.75 Å². The van der Waals surface area contributed by atoms with Crippen LogP contribution in [0.15, 0.2) is 43.0 Å². The second kappa shape index (κ2) is 5.30. The van der Waals surface area contributed by atoms with Crippen LogP contribution >= 0.6 is 0 Å². The average molecular weight is 230 g/mol. The van der Waals surface area contributed by atoms with Crippen molar-refractivity contribution in [1.29, 1.82) is 0 Å². The van der Waals surface area contributed by atoms with E-state index in [4.69, 9.17) is 4.74 Å². The maximum absolute atomic E-state index is 11.6. The van der Waals surface area contributed by atoms with Crippen LogP contribution in [-0.4, -0.2) is 22.1 Å². The van der Waals surface area contributed by atoms with Crippen molar-refractivity contribution in [3.63, 3.8) is 0 Å². The Labute approximate surface area is 99.9 Å². The Morgan fingerprint density at radius 1 is 1.35 bits per heavy atom. The summed E-state index contributed by atoms with van der Waals surface area (Å²) in [7, 11) is 0. The molecule has 4 heteroatoms. The van der Waals surface area contributed by atoms with Crippen molar-refractivity contribution < 1.29 is 9.53 Å². The minimum Gasteiger partial charge on any atom is -0.484 e. The van der Waals surface area contributed by atoms with E-state index >= 15 is 0 Å². The van der Waals surface area contributed by atoms with Gasteiger partial charge in [-0.1, -0.05) is 19.1 Å². The molecule has 0 amide bonds. The Kier molecular flexibility index (Phi) is 3.55. The van der Waals surface area contributed by atoms with E-state index in [9.17, 15) is 4.79 Å². The van der Waals surface area contributed by atoms with Gasteiger partial charge in [0.1, 0.15) is 12.1 Å². The van der Waals surface area contributed by atoms with Crippen LogP contribution in [0.25, 0.3) is 0 Å². The van der Waals surface area contributed by atoms with Crippen LogP contribution in [0.4, 0.5) is 0 Å².